The minimum atomic E-state index is -0.912. The summed E-state index contributed by atoms with van der Waals surface area (Å²) in [4.78, 5) is 16.4. The molecule has 0 amide bonds. The molecule has 35 heavy (non-hydrogen) atoms. The van der Waals surface area contributed by atoms with Gasteiger partial charge in [-0.15, -0.1) is 0 Å². The van der Waals surface area contributed by atoms with Gasteiger partial charge in [0.25, 0.3) is 0 Å². The molecule has 4 rings (SSSR count). The van der Waals surface area contributed by atoms with Crippen molar-refractivity contribution in [2.24, 2.45) is 0 Å². The summed E-state index contributed by atoms with van der Waals surface area (Å²) < 4.78 is 18.6. The summed E-state index contributed by atoms with van der Waals surface area (Å²) in [6.45, 7) is 8.78. The van der Waals surface area contributed by atoms with Crippen molar-refractivity contribution in [2.45, 2.75) is 84.7 Å². The normalized spacial score (nSPS) is 18.2. The average Bonchev–Trinajstić information content (AvgIpc) is 3.26. The van der Waals surface area contributed by atoms with Crippen molar-refractivity contribution in [3.05, 3.63) is 76.2 Å². The molecule has 0 unspecified atom stereocenters. The zero-order valence-electron chi connectivity index (χ0n) is 21.0. The lowest BCUT2D eigenvalue weighted by Gasteiger charge is -2.29. The highest BCUT2D eigenvalue weighted by Crippen LogP contribution is 2.30. The summed E-state index contributed by atoms with van der Waals surface area (Å²) >= 11 is 0. The van der Waals surface area contributed by atoms with Crippen molar-refractivity contribution in [1.82, 2.24) is 4.98 Å². The van der Waals surface area contributed by atoms with E-state index in [1.165, 1.54) is 5.56 Å². The predicted molar refractivity (Wildman–Crippen MR) is 135 cm³/mol. The predicted octanol–water partition coefficient (Wildman–Crippen LogP) is 6.82. The number of hydrogen-bond acceptors (Lipinski definition) is 5. The molecular weight excluding hydrogens is 442 g/mol. The van der Waals surface area contributed by atoms with Crippen LogP contribution >= 0.6 is 0 Å². The van der Waals surface area contributed by atoms with Crippen molar-refractivity contribution in [3.8, 4) is 11.5 Å². The fraction of sp³-hybridized carbons (Fsp3) is 0.448. The van der Waals surface area contributed by atoms with Crippen LogP contribution in [0.3, 0.4) is 0 Å². The molecule has 1 aliphatic rings. The smallest absolute Gasteiger partial charge is 0.336 e. The van der Waals surface area contributed by atoms with Crippen LogP contribution in [-0.4, -0.2) is 28.3 Å². The maximum Gasteiger partial charge on any atom is 0.336 e. The Morgan fingerprint density at radius 3 is 2.40 bits per heavy atom. The lowest BCUT2D eigenvalue weighted by atomic mass is 9.94. The highest BCUT2D eigenvalue weighted by Gasteiger charge is 2.26. The van der Waals surface area contributed by atoms with Gasteiger partial charge < -0.3 is 19.0 Å². The Labute approximate surface area is 207 Å². The van der Waals surface area contributed by atoms with Crippen LogP contribution in [0.4, 0.5) is 0 Å². The van der Waals surface area contributed by atoms with Gasteiger partial charge in [0.1, 0.15) is 11.5 Å². The molecule has 6 nitrogen and oxygen atoms in total. The van der Waals surface area contributed by atoms with Crippen molar-refractivity contribution in [1.29, 1.82) is 0 Å². The number of aromatic nitrogens is 1. The standard InChI is InChI=1S/C29H35NO5/c1-18(2)27-25(30-28(35-27)21-13-11-19(3)12-14-21)17-34-24-10-6-9-23(15-24)33-16-22-8-5-7-20(4)26(22)29(31)32/h5,7-8,11-14,18,23-24H,6,9-10,15-17H2,1-4H3,(H,31,32)/t23-,24+/m1/s1. The van der Waals surface area contributed by atoms with Crippen LogP contribution in [-0.2, 0) is 22.7 Å². The summed E-state index contributed by atoms with van der Waals surface area (Å²) in [5.74, 6) is 0.792. The third kappa shape index (κ3) is 6.19. The van der Waals surface area contributed by atoms with E-state index in [1.54, 1.807) is 0 Å². The fourth-order valence-electron chi connectivity index (χ4n) is 4.70. The lowest BCUT2D eigenvalue weighted by molar-refractivity contribution is -0.0564. The summed E-state index contributed by atoms with van der Waals surface area (Å²) in [7, 11) is 0. The number of oxazole rings is 1. The Morgan fingerprint density at radius 1 is 1.06 bits per heavy atom. The van der Waals surface area contributed by atoms with Crippen LogP contribution in [0.1, 0.15) is 84.0 Å². The topological polar surface area (TPSA) is 81.8 Å². The molecule has 1 heterocycles. The highest BCUT2D eigenvalue weighted by molar-refractivity contribution is 5.91. The second kappa shape index (κ2) is 11.2. The van der Waals surface area contributed by atoms with Crippen molar-refractivity contribution >= 4 is 5.97 Å². The number of ether oxygens (including phenoxy) is 2. The van der Waals surface area contributed by atoms with Gasteiger partial charge in [0.15, 0.2) is 0 Å². The van der Waals surface area contributed by atoms with E-state index >= 15 is 0 Å². The van der Waals surface area contributed by atoms with Crippen LogP contribution in [0.25, 0.3) is 11.5 Å². The highest BCUT2D eigenvalue weighted by atomic mass is 16.5. The molecule has 0 spiro atoms. The van der Waals surface area contributed by atoms with E-state index in [9.17, 15) is 9.90 Å². The van der Waals surface area contributed by atoms with Gasteiger partial charge in [-0.05, 0) is 62.8 Å². The minimum Gasteiger partial charge on any atom is -0.478 e. The van der Waals surface area contributed by atoms with Gasteiger partial charge in [-0.2, -0.15) is 0 Å². The minimum absolute atomic E-state index is 0.0425. The Kier molecular flexibility index (Phi) is 8.04. The van der Waals surface area contributed by atoms with Crippen molar-refractivity contribution < 1.29 is 23.8 Å². The molecule has 1 saturated carbocycles. The largest absolute Gasteiger partial charge is 0.478 e. The molecule has 3 aromatic rings. The maximum atomic E-state index is 11.7. The van der Waals surface area contributed by atoms with Crippen molar-refractivity contribution in [3.63, 3.8) is 0 Å². The first-order valence-electron chi connectivity index (χ1n) is 12.4. The average molecular weight is 478 g/mol. The van der Waals surface area contributed by atoms with E-state index in [-0.39, 0.29) is 18.1 Å². The zero-order valence-corrected chi connectivity index (χ0v) is 21.0. The van der Waals surface area contributed by atoms with Gasteiger partial charge in [0, 0.05) is 11.5 Å². The van der Waals surface area contributed by atoms with E-state index in [1.807, 2.05) is 37.3 Å². The molecule has 2 atom stereocenters. The molecule has 1 fully saturated rings. The molecule has 186 valence electrons. The Balaban J connectivity index is 1.37. The summed E-state index contributed by atoms with van der Waals surface area (Å²) in [6, 6.07) is 13.7. The third-order valence-electron chi connectivity index (χ3n) is 6.63. The molecule has 0 aliphatic heterocycles. The number of aryl methyl sites for hydroxylation is 2. The lowest BCUT2D eigenvalue weighted by Crippen LogP contribution is -2.28. The fourth-order valence-corrected chi connectivity index (χ4v) is 4.70. The SMILES string of the molecule is Cc1ccc(-c2nc(CO[C@H]3CCC[C@@H](OCc4cccc(C)c4C(=O)O)C3)c(C(C)C)o2)cc1. The van der Waals surface area contributed by atoms with Crippen LogP contribution in [0.15, 0.2) is 46.9 Å². The number of rotatable bonds is 9. The first-order valence-corrected chi connectivity index (χ1v) is 12.4. The molecule has 0 radical (unpaired) electrons. The van der Waals surface area contributed by atoms with Crippen LogP contribution in [0, 0.1) is 13.8 Å². The first-order chi connectivity index (χ1) is 16.8. The van der Waals surface area contributed by atoms with Gasteiger partial charge in [-0.3, -0.25) is 0 Å². The monoisotopic (exact) mass is 477 g/mol. The molecule has 6 heteroatoms. The molecule has 1 N–H and O–H groups in total. The van der Waals surface area contributed by atoms with Gasteiger partial charge in [0.2, 0.25) is 5.89 Å². The van der Waals surface area contributed by atoms with E-state index in [0.717, 1.165) is 48.3 Å². The quantitative estimate of drug-likeness (QED) is 0.364. The number of carboxylic acid groups (broad SMARTS) is 1. The van der Waals surface area contributed by atoms with E-state index in [0.29, 0.717) is 30.2 Å². The van der Waals surface area contributed by atoms with Crippen LogP contribution in [0.5, 0.6) is 0 Å². The number of hydrogen-bond donors (Lipinski definition) is 1. The third-order valence-corrected chi connectivity index (χ3v) is 6.63. The number of carboxylic acids is 1. The zero-order chi connectivity index (χ0) is 24.9. The second-order valence-electron chi connectivity index (χ2n) is 9.80. The van der Waals surface area contributed by atoms with Crippen LogP contribution in [0.2, 0.25) is 0 Å². The van der Waals surface area contributed by atoms with Gasteiger partial charge >= 0.3 is 5.97 Å². The summed E-state index contributed by atoms with van der Waals surface area (Å²) in [5, 5.41) is 9.56. The van der Waals surface area contributed by atoms with E-state index < -0.39 is 5.97 Å². The Hall–Kier alpha value is -2.96. The Morgan fingerprint density at radius 2 is 1.74 bits per heavy atom. The van der Waals surface area contributed by atoms with Crippen molar-refractivity contribution in [2.75, 3.05) is 0 Å². The molecule has 2 aromatic carbocycles. The molecular formula is C29H35NO5. The number of benzene rings is 2. The molecule has 1 aromatic heterocycles. The van der Waals surface area contributed by atoms with Crippen LogP contribution < -0.4 is 0 Å². The molecule has 0 saturated heterocycles. The molecule has 0 bridgehead atoms. The second-order valence-corrected chi connectivity index (χ2v) is 9.80. The number of carbonyl (C=O) groups is 1. The summed E-state index contributed by atoms with van der Waals surface area (Å²) in [5.41, 5.74) is 4.82. The first kappa shape index (κ1) is 25.1. The number of aromatic carboxylic acids is 1. The van der Waals surface area contributed by atoms with Gasteiger partial charge in [-0.25, -0.2) is 9.78 Å². The maximum absolute atomic E-state index is 11.7. The number of nitrogens with zero attached hydrogens (tertiary/aromatic N) is 1. The van der Waals surface area contributed by atoms with E-state index in [2.05, 4.69) is 32.9 Å². The molecule has 1 aliphatic carbocycles. The van der Waals surface area contributed by atoms with Gasteiger partial charge in [-0.1, -0.05) is 49.7 Å². The van der Waals surface area contributed by atoms with Gasteiger partial charge in [0.05, 0.1) is 31.0 Å². The van der Waals surface area contributed by atoms with E-state index in [4.69, 9.17) is 18.9 Å². The Bertz CT molecular complexity index is 1150. The summed E-state index contributed by atoms with van der Waals surface area (Å²) in [6.07, 6.45) is 3.84.